The molecule has 1 fully saturated rings. The SMILES string of the molecule is Cc1ccc(CN2[C@@H]3CC[C@H]2Cc2c(C(=O)N(C)C)nc(-c4ccccc4)n2C3)s1. The number of nitrogens with zero attached hydrogens (tertiary/aromatic N) is 4. The summed E-state index contributed by atoms with van der Waals surface area (Å²) < 4.78 is 2.34. The standard InChI is InChI=1S/C24H28N4OS/c1-16-9-12-20(30-16)15-27-18-10-11-19(27)14-28-21(13-18)22(24(29)26(2)3)25-23(28)17-7-5-4-6-8-17/h4-9,12,18-19H,10-11,13-15H2,1-3H3/t18-,19+/m0/s1. The van der Waals surface area contributed by atoms with Crippen molar-refractivity contribution >= 4 is 17.2 Å². The Bertz CT molecular complexity index is 1070. The van der Waals surface area contributed by atoms with Gasteiger partial charge in [-0.2, -0.15) is 0 Å². The van der Waals surface area contributed by atoms with E-state index in [2.05, 4.69) is 40.7 Å². The molecule has 2 aliphatic rings. The molecule has 5 nitrogen and oxygen atoms in total. The normalized spacial score (nSPS) is 20.8. The van der Waals surface area contributed by atoms with Gasteiger partial charge in [-0.25, -0.2) is 4.98 Å². The first kappa shape index (κ1) is 19.5. The lowest BCUT2D eigenvalue weighted by Crippen LogP contribution is -2.36. The fourth-order valence-electron chi connectivity index (χ4n) is 4.95. The van der Waals surface area contributed by atoms with Gasteiger partial charge >= 0.3 is 0 Å². The average Bonchev–Trinajstić information content (AvgIpc) is 3.38. The topological polar surface area (TPSA) is 41.4 Å². The van der Waals surface area contributed by atoms with Crippen LogP contribution in [0.5, 0.6) is 0 Å². The molecule has 0 spiro atoms. The van der Waals surface area contributed by atoms with E-state index < -0.39 is 0 Å². The van der Waals surface area contributed by atoms with E-state index in [1.54, 1.807) is 4.90 Å². The van der Waals surface area contributed by atoms with Crippen LogP contribution in [0.3, 0.4) is 0 Å². The number of hydrogen-bond donors (Lipinski definition) is 0. The minimum Gasteiger partial charge on any atom is -0.343 e. The Morgan fingerprint density at radius 1 is 1.13 bits per heavy atom. The Hall–Kier alpha value is -2.44. The van der Waals surface area contributed by atoms with Crippen molar-refractivity contribution in [3.63, 3.8) is 0 Å². The predicted molar refractivity (Wildman–Crippen MR) is 121 cm³/mol. The van der Waals surface area contributed by atoms with Gasteiger partial charge in [-0.15, -0.1) is 11.3 Å². The molecule has 1 amide bonds. The zero-order chi connectivity index (χ0) is 20.8. The van der Waals surface area contributed by atoms with Crippen LogP contribution < -0.4 is 0 Å². The highest BCUT2D eigenvalue weighted by molar-refractivity contribution is 7.11. The molecule has 2 aromatic heterocycles. The molecular formula is C24H28N4OS. The van der Waals surface area contributed by atoms with E-state index in [-0.39, 0.29) is 5.91 Å². The van der Waals surface area contributed by atoms with Crippen molar-refractivity contribution < 1.29 is 4.79 Å². The van der Waals surface area contributed by atoms with Gasteiger partial charge in [-0.05, 0) is 31.9 Å². The number of carbonyl (C=O) groups is 1. The van der Waals surface area contributed by atoms with E-state index in [1.807, 2.05) is 43.6 Å². The summed E-state index contributed by atoms with van der Waals surface area (Å²) in [6.45, 7) is 4.08. The summed E-state index contributed by atoms with van der Waals surface area (Å²) >= 11 is 1.90. The van der Waals surface area contributed by atoms with Crippen molar-refractivity contribution in [3.8, 4) is 11.4 Å². The van der Waals surface area contributed by atoms with Crippen molar-refractivity contribution in [2.75, 3.05) is 14.1 Å². The molecule has 4 heterocycles. The van der Waals surface area contributed by atoms with Gasteiger partial charge in [0.05, 0.1) is 5.69 Å². The first-order valence-electron chi connectivity index (χ1n) is 10.7. The van der Waals surface area contributed by atoms with Crippen LogP contribution in [0.15, 0.2) is 42.5 Å². The third-order valence-corrected chi connectivity index (χ3v) is 7.43. The maximum absolute atomic E-state index is 13.0. The van der Waals surface area contributed by atoms with Crippen LogP contribution in [0.1, 0.15) is 38.8 Å². The van der Waals surface area contributed by atoms with Crippen LogP contribution in [0.2, 0.25) is 0 Å². The molecular weight excluding hydrogens is 392 g/mol. The zero-order valence-corrected chi connectivity index (χ0v) is 18.7. The highest BCUT2D eigenvalue weighted by Crippen LogP contribution is 2.37. The number of rotatable bonds is 4. The summed E-state index contributed by atoms with van der Waals surface area (Å²) in [6.07, 6.45) is 3.28. The molecule has 5 rings (SSSR count). The van der Waals surface area contributed by atoms with Crippen LogP contribution >= 0.6 is 11.3 Å². The number of carbonyl (C=O) groups excluding carboxylic acids is 1. The number of amides is 1. The van der Waals surface area contributed by atoms with Crippen molar-refractivity contribution in [2.45, 2.75) is 51.4 Å². The molecule has 0 saturated carbocycles. The lowest BCUT2D eigenvalue weighted by atomic mass is 10.1. The largest absolute Gasteiger partial charge is 0.343 e. The van der Waals surface area contributed by atoms with Gasteiger partial charge in [0.1, 0.15) is 11.5 Å². The Labute approximate surface area is 182 Å². The Morgan fingerprint density at radius 2 is 1.90 bits per heavy atom. The third kappa shape index (κ3) is 3.38. The van der Waals surface area contributed by atoms with Crippen LogP contribution in [-0.2, 0) is 19.5 Å². The quantitative estimate of drug-likeness (QED) is 0.635. The Balaban J connectivity index is 1.56. The number of aromatic nitrogens is 2. The van der Waals surface area contributed by atoms with Crippen molar-refractivity contribution in [2.24, 2.45) is 0 Å². The summed E-state index contributed by atoms with van der Waals surface area (Å²) in [5.74, 6) is 0.925. The van der Waals surface area contributed by atoms with Crippen molar-refractivity contribution in [1.82, 2.24) is 19.4 Å². The lowest BCUT2D eigenvalue weighted by molar-refractivity contribution is 0.0821. The van der Waals surface area contributed by atoms with Gasteiger partial charge in [0.15, 0.2) is 0 Å². The number of benzene rings is 1. The number of thiophene rings is 1. The fourth-order valence-corrected chi connectivity index (χ4v) is 5.85. The van der Waals surface area contributed by atoms with Gasteiger partial charge in [0.25, 0.3) is 5.91 Å². The van der Waals surface area contributed by atoms with Gasteiger partial charge in [0.2, 0.25) is 0 Å². The molecule has 2 atom stereocenters. The molecule has 2 bridgehead atoms. The van der Waals surface area contributed by atoms with Crippen LogP contribution in [-0.4, -0.2) is 51.4 Å². The van der Waals surface area contributed by atoms with E-state index in [1.165, 1.54) is 22.6 Å². The maximum atomic E-state index is 13.0. The maximum Gasteiger partial charge on any atom is 0.273 e. The zero-order valence-electron chi connectivity index (χ0n) is 17.8. The number of fused-ring (bicyclic) bond motifs is 3. The molecule has 0 unspecified atom stereocenters. The van der Waals surface area contributed by atoms with Crippen LogP contribution in [0, 0.1) is 6.92 Å². The number of aryl methyl sites for hydroxylation is 1. The second kappa shape index (κ2) is 7.67. The summed E-state index contributed by atoms with van der Waals surface area (Å²) in [6, 6.07) is 15.7. The van der Waals surface area contributed by atoms with E-state index in [4.69, 9.17) is 4.98 Å². The molecule has 0 aliphatic carbocycles. The average molecular weight is 421 g/mol. The van der Waals surface area contributed by atoms with E-state index in [0.717, 1.165) is 36.6 Å². The summed E-state index contributed by atoms with van der Waals surface area (Å²) in [7, 11) is 3.62. The Morgan fingerprint density at radius 3 is 2.60 bits per heavy atom. The Kier molecular flexibility index (Phi) is 4.99. The number of hydrogen-bond acceptors (Lipinski definition) is 4. The molecule has 6 heteroatoms. The van der Waals surface area contributed by atoms with E-state index in [0.29, 0.717) is 17.8 Å². The van der Waals surface area contributed by atoms with Gasteiger partial charge in [-0.3, -0.25) is 9.69 Å². The molecule has 3 aromatic rings. The fraction of sp³-hybridized carbons (Fsp3) is 0.417. The van der Waals surface area contributed by atoms with Gasteiger partial charge in [0, 0.05) is 61.0 Å². The van der Waals surface area contributed by atoms with Gasteiger partial charge < -0.3 is 9.47 Å². The molecule has 0 radical (unpaired) electrons. The first-order chi connectivity index (χ1) is 14.5. The van der Waals surface area contributed by atoms with E-state index in [9.17, 15) is 4.79 Å². The molecule has 2 aliphatic heterocycles. The first-order valence-corrected chi connectivity index (χ1v) is 11.5. The smallest absolute Gasteiger partial charge is 0.273 e. The van der Waals surface area contributed by atoms with Crippen molar-refractivity contribution in [3.05, 3.63) is 63.6 Å². The lowest BCUT2D eigenvalue weighted by Gasteiger charge is -2.27. The summed E-state index contributed by atoms with van der Waals surface area (Å²) in [4.78, 5) is 25.0. The molecule has 156 valence electrons. The van der Waals surface area contributed by atoms with Gasteiger partial charge in [-0.1, -0.05) is 30.3 Å². The number of imidazole rings is 1. The summed E-state index contributed by atoms with van der Waals surface area (Å²) in [5, 5.41) is 0. The second-order valence-corrected chi connectivity index (χ2v) is 10.1. The van der Waals surface area contributed by atoms with Crippen molar-refractivity contribution in [1.29, 1.82) is 0 Å². The summed E-state index contributed by atoms with van der Waals surface area (Å²) in [5.41, 5.74) is 2.81. The second-order valence-electron chi connectivity index (χ2n) is 8.68. The van der Waals surface area contributed by atoms with Crippen LogP contribution in [0.25, 0.3) is 11.4 Å². The third-order valence-electron chi connectivity index (χ3n) is 6.44. The molecule has 0 N–H and O–H groups in total. The monoisotopic (exact) mass is 420 g/mol. The molecule has 30 heavy (non-hydrogen) atoms. The van der Waals surface area contributed by atoms with Crippen LogP contribution in [0.4, 0.5) is 0 Å². The molecule has 1 aromatic carbocycles. The predicted octanol–water partition coefficient (Wildman–Crippen LogP) is 4.21. The highest BCUT2D eigenvalue weighted by Gasteiger charge is 2.40. The highest BCUT2D eigenvalue weighted by atomic mass is 32.1. The minimum absolute atomic E-state index is 0.000800. The minimum atomic E-state index is -0.000800. The molecule has 1 saturated heterocycles. The van der Waals surface area contributed by atoms with E-state index >= 15 is 0 Å².